The summed E-state index contributed by atoms with van der Waals surface area (Å²) in [5.74, 6) is 1.60. The number of hydrogen-bond donors (Lipinski definition) is 1. The van der Waals surface area contributed by atoms with Crippen molar-refractivity contribution in [3.63, 3.8) is 0 Å². The highest BCUT2D eigenvalue weighted by Gasteiger charge is 2.15. The van der Waals surface area contributed by atoms with Crippen LogP contribution in [0.4, 0.5) is 0 Å². The maximum atomic E-state index is 5.80. The van der Waals surface area contributed by atoms with Crippen LogP contribution >= 0.6 is 15.9 Å². The summed E-state index contributed by atoms with van der Waals surface area (Å²) >= 11 is 3.60. The van der Waals surface area contributed by atoms with Gasteiger partial charge in [-0.15, -0.1) is 0 Å². The quantitative estimate of drug-likeness (QED) is 0.714. The molecule has 1 heterocycles. The summed E-state index contributed by atoms with van der Waals surface area (Å²) in [6, 6.07) is 4.15. The van der Waals surface area contributed by atoms with Crippen LogP contribution < -0.4 is 14.8 Å². The molecule has 0 aliphatic carbocycles. The molecular weight excluding hydrogens is 346 g/mol. The molecule has 1 aliphatic heterocycles. The third kappa shape index (κ3) is 5.14. The average molecular weight is 372 g/mol. The molecule has 0 radical (unpaired) electrons. The van der Waals surface area contributed by atoms with E-state index < -0.39 is 0 Å². The lowest BCUT2D eigenvalue weighted by Crippen LogP contribution is -2.25. The van der Waals surface area contributed by atoms with Crippen molar-refractivity contribution in [2.75, 3.05) is 26.4 Å². The molecule has 22 heavy (non-hydrogen) atoms. The van der Waals surface area contributed by atoms with Gasteiger partial charge >= 0.3 is 0 Å². The molecule has 1 N–H and O–H groups in total. The van der Waals surface area contributed by atoms with Crippen LogP contribution in [0, 0.1) is 0 Å². The number of rotatable bonds is 9. The fourth-order valence-electron chi connectivity index (χ4n) is 2.51. The van der Waals surface area contributed by atoms with Gasteiger partial charge in [-0.3, -0.25) is 0 Å². The Labute approximate surface area is 141 Å². The zero-order chi connectivity index (χ0) is 15.8. The monoisotopic (exact) mass is 371 g/mol. The van der Waals surface area contributed by atoms with Gasteiger partial charge in [0.15, 0.2) is 11.5 Å². The molecular formula is C17H26BrNO3. The van der Waals surface area contributed by atoms with E-state index in [4.69, 9.17) is 14.2 Å². The summed E-state index contributed by atoms with van der Waals surface area (Å²) in [6.07, 6.45) is 3.67. The summed E-state index contributed by atoms with van der Waals surface area (Å²) in [4.78, 5) is 0. The van der Waals surface area contributed by atoms with Gasteiger partial charge < -0.3 is 19.5 Å². The third-order valence-electron chi connectivity index (χ3n) is 3.54. The molecule has 124 valence electrons. The molecule has 0 bridgehead atoms. The molecule has 0 spiro atoms. The largest absolute Gasteiger partial charge is 0.490 e. The zero-order valence-electron chi connectivity index (χ0n) is 13.5. The zero-order valence-corrected chi connectivity index (χ0v) is 15.1. The van der Waals surface area contributed by atoms with Crippen LogP contribution in [0.5, 0.6) is 11.5 Å². The number of nitrogens with one attached hydrogen (secondary N) is 1. The van der Waals surface area contributed by atoms with E-state index in [1.807, 2.05) is 6.92 Å². The Morgan fingerprint density at radius 3 is 2.86 bits per heavy atom. The van der Waals surface area contributed by atoms with E-state index >= 15 is 0 Å². The first-order valence-electron chi connectivity index (χ1n) is 8.15. The lowest BCUT2D eigenvalue weighted by Gasteiger charge is -2.16. The van der Waals surface area contributed by atoms with E-state index in [1.165, 1.54) is 12.0 Å². The predicted molar refractivity (Wildman–Crippen MR) is 91.8 cm³/mol. The lowest BCUT2D eigenvalue weighted by molar-refractivity contribution is 0.110. The van der Waals surface area contributed by atoms with E-state index in [1.54, 1.807) is 0 Å². The molecule has 2 rings (SSSR count). The highest BCUT2D eigenvalue weighted by atomic mass is 79.9. The molecule has 0 aromatic heterocycles. The molecule has 5 heteroatoms. The molecule has 1 atom stereocenters. The minimum absolute atomic E-state index is 0.363. The Bertz CT molecular complexity index is 461. The molecule has 0 saturated carbocycles. The number of hydrogen-bond acceptors (Lipinski definition) is 4. The van der Waals surface area contributed by atoms with Crippen LogP contribution in [0.15, 0.2) is 16.6 Å². The summed E-state index contributed by atoms with van der Waals surface area (Å²) in [7, 11) is 0. The molecule has 1 fully saturated rings. The van der Waals surface area contributed by atoms with Gasteiger partial charge in [0.05, 0.1) is 23.8 Å². The second kappa shape index (κ2) is 9.38. The Balaban J connectivity index is 1.97. The van der Waals surface area contributed by atoms with Gasteiger partial charge in [0.1, 0.15) is 0 Å². The van der Waals surface area contributed by atoms with E-state index in [0.717, 1.165) is 48.5 Å². The summed E-state index contributed by atoms with van der Waals surface area (Å²) < 4.78 is 18.1. The topological polar surface area (TPSA) is 39.7 Å². The highest BCUT2D eigenvalue weighted by Crippen LogP contribution is 2.37. The molecule has 1 aliphatic rings. The molecule has 0 unspecified atom stereocenters. The first-order valence-corrected chi connectivity index (χ1v) is 8.94. The second-order valence-electron chi connectivity index (χ2n) is 5.45. The van der Waals surface area contributed by atoms with Gasteiger partial charge in [-0.05, 0) is 59.8 Å². The molecule has 0 amide bonds. The SMILES string of the molecule is CCCOc1c(Br)cc(CNC[C@@H]2CCCO2)cc1OCC. The summed E-state index contributed by atoms with van der Waals surface area (Å²) in [5.41, 5.74) is 1.18. The van der Waals surface area contributed by atoms with Crippen molar-refractivity contribution in [3.8, 4) is 11.5 Å². The molecule has 1 saturated heterocycles. The van der Waals surface area contributed by atoms with Gasteiger partial charge in [0.2, 0.25) is 0 Å². The van der Waals surface area contributed by atoms with Crippen molar-refractivity contribution in [2.24, 2.45) is 0 Å². The Morgan fingerprint density at radius 2 is 2.18 bits per heavy atom. The Morgan fingerprint density at radius 1 is 1.32 bits per heavy atom. The van der Waals surface area contributed by atoms with E-state index in [0.29, 0.717) is 19.3 Å². The Hall–Kier alpha value is -0.780. The van der Waals surface area contributed by atoms with Crippen molar-refractivity contribution in [2.45, 2.75) is 45.8 Å². The van der Waals surface area contributed by atoms with Crippen molar-refractivity contribution >= 4 is 15.9 Å². The van der Waals surface area contributed by atoms with Crippen LogP contribution in [0.25, 0.3) is 0 Å². The molecule has 1 aromatic carbocycles. The molecule has 1 aromatic rings. The van der Waals surface area contributed by atoms with Crippen molar-refractivity contribution in [3.05, 3.63) is 22.2 Å². The van der Waals surface area contributed by atoms with Crippen LogP contribution in [-0.4, -0.2) is 32.5 Å². The van der Waals surface area contributed by atoms with Crippen LogP contribution in [-0.2, 0) is 11.3 Å². The van der Waals surface area contributed by atoms with E-state index in [9.17, 15) is 0 Å². The highest BCUT2D eigenvalue weighted by molar-refractivity contribution is 9.10. The fourth-order valence-corrected chi connectivity index (χ4v) is 3.12. The van der Waals surface area contributed by atoms with Crippen LogP contribution in [0.3, 0.4) is 0 Å². The van der Waals surface area contributed by atoms with Gasteiger partial charge in [0.25, 0.3) is 0 Å². The minimum atomic E-state index is 0.363. The average Bonchev–Trinajstić information content (AvgIpc) is 3.00. The van der Waals surface area contributed by atoms with Crippen molar-refractivity contribution in [1.29, 1.82) is 0 Å². The van der Waals surface area contributed by atoms with Gasteiger partial charge in [-0.2, -0.15) is 0 Å². The Kier molecular flexibility index (Phi) is 7.49. The normalized spacial score (nSPS) is 17.7. The van der Waals surface area contributed by atoms with Gasteiger partial charge in [-0.25, -0.2) is 0 Å². The standard InChI is InChI=1S/C17H26BrNO3/c1-3-7-22-17-15(18)9-13(10-16(17)20-4-2)11-19-12-14-6-5-8-21-14/h9-10,14,19H,3-8,11-12H2,1-2H3/t14-/m0/s1. The van der Waals surface area contributed by atoms with E-state index in [2.05, 4.69) is 40.3 Å². The first kappa shape index (κ1) is 17.6. The lowest BCUT2D eigenvalue weighted by atomic mass is 10.2. The third-order valence-corrected chi connectivity index (χ3v) is 4.13. The maximum Gasteiger partial charge on any atom is 0.175 e. The molecule has 4 nitrogen and oxygen atoms in total. The van der Waals surface area contributed by atoms with Crippen LogP contribution in [0.2, 0.25) is 0 Å². The number of halogens is 1. The fraction of sp³-hybridized carbons (Fsp3) is 0.647. The minimum Gasteiger partial charge on any atom is -0.490 e. The van der Waals surface area contributed by atoms with Crippen molar-refractivity contribution < 1.29 is 14.2 Å². The second-order valence-corrected chi connectivity index (χ2v) is 6.31. The smallest absolute Gasteiger partial charge is 0.175 e. The summed E-state index contributed by atoms with van der Waals surface area (Å²) in [5, 5.41) is 3.46. The maximum absolute atomic E-state index is 5.80. The number of benzene rings is 1. The van der Waals surface area contributed by atoms with Gasteiger partial charge in [0, 0.05) is 19.7 Å². The first-order chi connectivity index (χ1) is 10.7. The van der Waals surface area contributed by atoms with Gasteiger partial charge in [-0.1, -0.05) is 6.92 Å². The predicted octanol–water partition coefficient (Wildman–Crippen LogP) is 3.91. The van der Waals surface area contributed by atoms with Crippen LogP contribution in [0.1, 0.15) is 38.7 Å². The number of ether oxygens (including phenoxy) is 3. The summed E-state index contributed by atoms with van der Waals surface area (Å²) in [6.45, 7) is 7.99. The van der Waals surface area contributed by atoms with Crippen molar-refractivity contribution in [1.82, 2.24) is 5.32 Å². The van der Waals surface area contributed by atoms with E-state index in [-0.39, 0.29) is 0 Å².